The summed E-state index contributed by atoms with van der Waals surface area (Å²) in [5.41, 5.74) is 4.00. The molecule has 4 rings (SSSR count). The topological polar surface area (TPSA) is 88.1 Å². The highest BCUT2D eigenvalue weighted by Gasteiger charge is 2.30. The van der Waals surface area contributed by atoms with E-state index in [1.807, 2.05) is 0 Å². The lowest BCUT2D eigenvalue weighted by Crippen LogP contribution is -2.40. The molecule has 0 aromatic heterocycles. The lowest BCUT2D eigenvalue weighted by Gasteiger charge is -2.35. The monoisotopic (exact) mass is 419 g/mol. The number of benzene rings is 1. The minimum absolute atomic E-state index is 0.127. The second-order valence-corrected chi connectivity index (χ2v) is 10.1. The quantitative estimate of drug-likeness (QED) is 0.760. The van der Waals surface area contributed by atoms with Gasteiger partial charge in [0.25, 0.3) is 5.91 Å². The van der Waals surface area contributed by atoms with Gasteiger partial charge in [-0.05, 0) is 55.7 Å². The molecule has 0 spiro atoms. The van der Waals surface area contributed by atoms with Crippen molar-refractivity contribution >= 4 is 21.6 Å². The summed E-state index contributed by atoms with van der Waals surface area (Å²) in [6.45, 7) is 1.43. The van der Waals surface area contributed by atoms with E-state index in [0.717, 1.165) is 30.9 Å². The lowest BCUT2D eigenvalue weighted by molar-refractivity contribution is 0.0730. The molecule has 3 aliphatic rings. The molecule has 1 heterocycles. The van der Waals surface area contributed by atoms with Gasteiger partial charge in [-0.25, -0.2) is 13.8 Å². The molecule has 1 saturated heterocycles. The lowest BCUT2D eigenvalue weighted by atomic mass is 9.70. The molecule has 1 N–H and O–H groups in total. The van der Waals surface area contributed by atoms with Gasteiger partial charge in [0.05, 0.1) is 18.1 Å². The van der Waals surface area contributed by atoms with Gasteiger partial charge in [-0.2, -0.15) is 9.41 Å². The van der Waals surface area contributed by atoms with Crippen molar-refractivity contribution < 1.29 is 17.9 Å². The van der Waals surface area contributed by atoms with Crippen LogP contribution in [0.2, 0.25) is 0 Å². The number of sulfonamides is 1. The summed E-state index contributed by atoms with van der Waals surface area (Å²) < 4.78 is 32.3. The minimum atomic E-state index is -3.63. The van der Waals surface area contributed by atoms with Crippen molar-refractivity contribution in [3.8, 4) is 0 Å². The zero-order valence-corrected chi connectivity index (χ0v) is 17.5. The maximum atomic E-state index is 12.8. The number of nitrogens with zero attached hydrogens (tertiary/aromatic N) is 2. The fourth-order valence-electron chi connectivity index (χ4n) is 4.72. The molecule has 1 amide bonds. The average Bonchev–Trinajstić information content (AvgIpc) is 2.78. The average molecular weight is 420 g/mol. The number of fused-ring (bicyclic) bond motifs is 1. The van der Waals surface area contributed by atoms with Gasteiger partial charge in [0.15, 0.2) is 0 Å². The van der Waals surface area contributed by atoms with E-state index in [1.54, 1.807) is 12.1 Å². The fourth-order valence-corrected chi connectivity index (χ4v) is 6.17. The Balaban J connectivity index is 1.42. The smallest absolute Gasteiger partial charge is 0.271 e. The van der Waals surface area contributed by atoms with Gasteiger partial charge in [-0.1, -0.05) is 25.3 Å². The first-order valence-electron chi connectivity index (χ1n) is 10.6. The number of carbonyl (C=O) groups is 1. The molecule has 8 heteroatoms. The molecule has 1 aromatic rings. The van der Waals surface area contributed by atoms with Crippen molar-refractivity contribution in [3.63, 3.8) is 0 Å². The van der Waals surface area contributed by atoms with Crippen molar-refractivity contribution in [1.29, 1.82) is 0 Å². The molecule has 2 saturated carbocycles. The van der Waals surface area contributed by atoms with Gasteiger partial charge in [0.1, 0.15) is 0 Å². The Morgan fingerprint density at radius 3 is 2.66 bits per heavy atom. The van der Waals surface area contributed by atoms with Crippen LogP contribution in [0.15, 0.2) is 34.3 Å². The Morgan fingerprint density at radius 1 is 1.10 bits per heavy atom. The zero-order valence-electron chi connectivity index (χ0n) is 16.7. The molecule has 0 radical (unpaired) electrons. The number of hydrogen-bond acceptors (Lipinski definition) is 5. The molecule has 3 fully saturated rings. The van der Waals surface area contributed by atoms with Crippen molar-refractivity contribution in [2.45, 2.75) is 49.8 Å². The van der Waals surface area contributed by atoms with Crippen LogP contribution in [0.1, 0.15) is 55.3 Å². The van der Waals surface area contributed by atoms with Crippen molar-refractivity contribution in [3.05, 3.63) is 29.8 Å². The highest BCUT2D eigenvalue weighted by Crippen LogP contribution is 2.39. The Bertz CT molecular complexity index is 878. The third kappa shape index (κ3) is 4.70. The number of hydrogen-bond donors (Lipinski definition) is 1. The second-order valence-electron chi connectivity index (χ2n) is 8.21. The second kappa shape index (κ2) is 8.93. The van der Waals surface area contributed by atoms with Crippen LogP contribution >= 0.6 is 0 Å². The molecule has 2 aliphatic carbocycles. The largest absolute Gasteiger partial charge is 0.379 e. The van der Waals surface area contributed by atoms with E-state index in [-0.39, 0.29) is 10.8 Å². The predicted molar refractivity (Wildman–Crippen MR) is 110 cm³/mol. The Hall–Kier alpha value is -1.77. The number of nitrogens with one attached hydrogen (secondary N) is 1. The summed E-state index contributed by atoms with van der Waals surface area (Å²) in [7, 11) is -3.63. The van der Waals surface area contributed by atoms with Crippen molar-refractivity contribution in [2.24, 2.45) is 16.9 Å². The SMILES string of the molecule is O=C(N/N=C1/CC[C@H]2CCCC[C@@H]2C1)c1cccc(S(=O)(=O)N2CCOCC2)c1. The van der Waals surface area contributed by atoms with Crippen LogP contribution in [0.25, 0.3) is 0 Å². The van der Waals surface area contributed by atoms with Gasteiger partial charge in [0, 0.05) is 24.4 Å². The number of ether oxygens (including phenoxy) is 1. The Labute approximate surface area is 172 Å². The fraction of sp³-hybridized carbons (Fsp3) is 0.619. The van der Waals surface area contributed by atoms with Crippen LogP contribution in [0, 0.1) is 11.8 Å². The van der Waals surface area contributed by atoms with E-state index >= 15 is 0 Å². The number of hydrazone groups is 1. The molecule has 1 aliphatic heterocycles. The van der Waals surface area contributed by atoms with Crippen LogP contribution in [-0.2, 0) is 14.8 Å². The molecule has 29 heavy (non-hydrogen) atoms. The number of rotatable bonds is 4. The van der Waals surface area contributed by atoms with E-state index in [2.05, 4.69) is 10.5 Å². The molecule has 0 bridgehead atoms. The van der Waals surface area contributed by atoms with Crippen LogP contribution < -0.4 is 5.43 Å². The maximum absolute atomic E-state index is 12.8. The molecule has 1 aromatic carbocycles. The Kier molecular flexibility index (Phi) is 6.32. The standard InChI is InChI=1S/C21H29N3O4S/c25-21(23-22-19-9-8-16-4-1-2-5-17(16)14-19)18-6-3-7-20(15-18)29(26,27)24-10-12-28-13-11-24/h3,6-7,15-17H,1-2,4-5,8-14H2,(H,23,25)/b22-19-/t16-,17-/m1/s1. The summed E-state index contributed by atoms with van der Waals surface area (Å²) in [6, 6.07) is 6.17. The van der Waals surface area contributed by atoms with Crippen LogP contribution in [-0.4, -0.2) is 50.6 Å². The highest BCUT2D eigenvalue weighted by atomic mass is 32.2. The molecule has 2 atom stereocenters. The highest BCUT2D eigenvalue weighted by molar-refractivity contribution is 7.89. The molecule has 0 unspecified atom stereocenters. The van der Waals surface area contributed by atoms with Crippen LogP contribution in [0.5, 0.6) is 0 Å². The summed E-state index contributed by atoms with van der Waals surface area (Å²) >= 11 is 0. The normalized spacial score (nSPS) is 27.4. The molecule has 7 nitrogen and oxygen atoms in total. The third-order valence-corrected chi connectivity index (χ3v) is 8.28. The van der Waals surface area contributed by atoms with Crippen LogP contribution in [0.4, 0.5) is 0 Å². The summed E-state index contributed by atoms with van der Waals surface area (Å²) in [5, 5.41) is 4.37. The Morgan fingerprint density at radius 2 is 1.86 bits per heavy atom. The zero-order chi connectivity index (χ0) is 20.3. The van der Waals surface area contributed by atoms with Gasteiger partial charge in [-0.3, -0.25) is 4.79 Å². The van der Waals surface area contributed by atoms with Crippen molar-refractivity contribution in [2.75, 3.05) is 26.3 Å². The van der Waals surface area contributed by atoms with Crippen LogP contribution in [0.3, 0.4) is 0 Å². The van der Waals surface area contributed by atoms with Gasteiger partial charge in [0.2, 0.25) is 10.0 Å². The van der Waals surface area contributed by atoms with Gasteiger partial charge < -0.3 is 4.74 Å². The van der Waals surface area contributed by atoms with Gasteiger partial charge in [-0.15, -0.1) is 0 Å². The molecular weight excluding hydrogens is 390 g/mol. The molecule has 158 valence electrons. The van der Waals surface area contributed by atoms with Gasteiger partial charge >= 0.3 is 0 Å². The summed E-state index contributed by atoms with van der Waals surface area (Å²) in [6.07, 6.45) is 8.29. The third-order valence-electron chi connectivity index (χ3n) is 6.39. The summed E-state index contributed by atoms with van der Waals surface area (Å²) in [4.78, 5) is 12.7. The first-order valence-corrected chi connectivity index (χ1v) is 12.0. The number of carbonyl (C=O) groups excluding carboxylic acids is 1. The van der Waals surface area contributed by atoms with E-state index in [0.29, 0.717) is 37.8 Å². The molecular formula is C21H29N3O4S. The number of morpholine rings is 1. The first-order chi connectivity index (χ1) is 14.0. The summed E-state index contributed by atoms with van der Waals surface area (Å²) in [5.74, 6) is 1.15. The first kappa shape index (κ1) is 20.5. The van der Waals surface area contributed by atoms with Crippen molar-refractivity contribution in [1.82, 2.24) is 9.73 Å². The maximum Gasteiger partial charge on any atom is 0.271 e. The van der Waals surface area contributed by atoms with E-state index in [1.165, 1.54) is 42.1 Å². The van der Waals surface area contributed by atoms with E-state index < -0.39 is 10.0 Å². The predicted octanol–water partition coefficient (Wildman–Crippen LogP) is 2.78. The number of amides is 1. The van der Waals surface area contributed by atoms with E-state index in [9.17, 15) is 13.2 Å². The van der Waals surface area contributed by atoms with E-state index in [4.69, 9.17) is 4.74 Å². The minimum Gasteiger partial charge on any atom is -0.379 e.